The van der Waals surface area contributed by atoms with Crippen LogP contribution in [0.3, 0.4) is 0 Å². The molecule has 0 atom stereocenters. The molecule has 4 amide bonds. The Hall–Kier alpha value is -2.29. The van der Waals surface area contributed by atoms with Crippen molar-refractivity contribution in [1.82, 2.24) is 15.5 Å². The van der Waals surface area contributed by atoms with Gasteiger partial charge in [-0.15, -0.1) is 0 Å². The molecule has 8 nitrogen and oxygen atoms in total. The molecule has 2 fully saturated rings. The smallest absolute Gasteiger partial charge is 0.325 e. The third kappa shape index (κ3) is 3.80. The third-order valence-corrected chi connectivity index (χ3v) is 6.04. The Morgan fingerprint density at radius 2 is 1.82 bits per heavy atom. The van der Waals surface area contributed by atoms with E-state index in [0.29, 0.717) is 47.3 Å². The lowest BCUT2D eigenvalue weighted by Crippen LogP contribution is -2.44. The van der Waals surface area contributed by atoms with Crippen molar-refractivity contribution in [2.75, 3.05) is 27.3 Å². The molecular formula is C19H24BrN3O5. The standard InChI is InChI=1S/C19H24BrN3O5/c1-27-13-10-12(11-14(28-2)15(13)20)16(24)21-8-5-9-23-17(25)19(22-18(23)26)6-3-4-7-19/h10-11H,3-9H2,1-2H3,(H,21,24)(H,22,26). The summed E-state index contributed by atoms with van der Waals surface area (Å²) in [5.41, 5.74) is -0.290. The molecular weight excluding hydrogens is 430 g/mol. The van der Waals surface area contributed by atoms with Crippen LogP contribution in [-0.2, 0) is 4.79 Å². The third-order valence-electron chi connectivity index (χ3n) is 5.25. The number of halogens is 1. The number of carbonyl (C=O) groups excluding carboxylic acids is 3. The van der Waals surface area contributed by atoms with E-state index in [9.17, 15) is 14.4 Å². The van der Waals surface area contributed by atoms with E-state index in [1.165, 1.54) is 19.1 Å². The zero-order valence-electron chi connectivity index (χ0n) is 16.0. The van der Waals surface area contributed by atoms with E-state index in [1.807, 2.05) is 0 Å². The average Bonchev–Trinajstić information content (AvgIpc) is 3.25. The van der Waals surface area contributed by atoms with Gasteiger partial charge >= 0.3 is 6.03 Å². The quantitative estimate of drug-likeness (QED) is 0.488. The molecule has 2 aliphatic rings. The van der Waals surface area contributed by atoms with Crippen LogP contribution in [0, 0.1) is 0 Å². The summed E-state index contributed by atoms with van der Waals surface area (Å²) < 4.78 is 11.1. The first-order valence-electron chi connectivity index (χ1n) is 9.25. The molecule has 152 valence electrons. The number of imide groups is 1. The van der Waals surface area contributed by atoms with Gasteiger partial charge in [0.2, 0.25) is 0 Å². The molecule has 28 heavy (non-hydrogen) atoms. The van der Waals surface area contributed by atoms with Crippen molar-refractivity contribution in [2.24, 2.45) is 0 Å². The number of nitrogens with one attached hydrogen (secondary N) is 2. The zero-order valence-corrected chi connectivity index (χ0v) is 17.6. The largest absolute Gasteiger partial charge is 0.495 e. The maximum absolute atomic E-state index is 12.6. The van der Waals surface area contributed by atoms with Crippen LogP contribution in [0.5, 0.6) is 11.5 Å². The van der Waals surface area contributed by atoms with Crippen molar-refractivity contribution in [3.8, 4) is 11.5 Å². The Labute approximate surface area is 172 Å². The molecule has 0 unspecified atom stereocenters. The first kappa shape index (κ1) is 20.4. The van der Waals surface area contributed by atoms with Gasteiger partial charge in [0, 0.05) is 18.7 Å². The van der Waals surface area contributed by atoms with Crippen LogP contribution in [0.1, 0.15) is 42.5 Å². The van der Waals surface area contributed by atoms with Crippen LogP contribution in [0.25, 0.3) is 0 Å². The molecule has 3 rings (SSSR count). The van der Waals surface area contributed by atoms with E-state index in [0.717, 1.165) is 12.8 Å². The zero-order chi connectivity index (χ0) is 20.3. The Morgan fingerprint density at radius 1 is 1.21 bits per heavy atom. The van der Waals surface area contributed by atoms with Crippen LogP contribution in [0.15, 0.2) is 16.6 Å². The second-order valence-corrected chi connectivity index (χ2v) is 7.77. The second-order valence-electron chi connectivity index (χ2n) is 6.98. The van der Waals surface area contributed by atoms with Gasteiger partial charge in [0.15, 0.2) is 0 Å². The van der Waals surface area contributed by atoms with E-state index >= 15 is 0 Å². The second kappa shape index (κ2) is 8.38. The van der Waals surface area contributed by atoms with Crippen molar-refractivity contribution < 1.29 is 23.9 Å². The minimum atomic E-state index is -0.690. The highest BCUT2D eigenvalue weighted by Crippen LogP contribution is 2.36. The van der Waals surface area contributed by atoms with E-state index in [2.05, 4.69) is 26.6 Å². The number of urea groups is 1. The number of ether oxygens (including phenoxy) is 2. The van der Waals surface area contributed by atoms with Gasteiger partial charge in [-0.05, 0) is 47.3 Å². The Balaban J connectivity index is 1.54. The van der Waals surface area contributed by atoms with E-state index in [1.54, 1.807) is 12.1 Å². The Kier molecular flexibility index (Phi) is 6.12. The molecule has 1 heterocycles. The lowest BCUT2D eigenvalue weighted by atomic mass is 9.98. The average molecular weight is 454 g/mol. The molecule has 1 aliphatic carbocycles. The van der Waals surface area contributed by atoms with Gasteiger partial charge in [-0.25, -0.2) is 4.79 Å². The van der Waals surface area contributed by atoms with Crippen molar-refractivity contribution in [3.05, 3.63) is 22.2 Å². The molecule has 1 spiro atoms. The monoisotopic (exact) mass is 453 g/mol. The molecule has 1 saturated heterocycles. The molecule has 2 N–H and O–H groups in total. The van der Waals surface area contributed by atoms with Crippen LogP contribution >= 0.6 is 15.9 Å². The first-order valence-corrected chi connectivity index (χ1v) is 10.0. The summed E-state index contributed by atoms with van der Waals surface area (Å²) in [5, 5.41) is 5.65. The minimum absolute atomic E-state index is 0.135. The molecule has 0 bridgehead atoms. The number of methoxy groups -OCH3 is 2. The first-order chi connectivity index (χ1) is 13.4. The lowest BCUT2D eigenvalue weighted by molar-refractivity contribution is -0.131. The van der Waals surface area contributed by atoms with Crippen molar-refractivity contribution in [2.45, 2.75) is 37.6 Å². The Morgan fingerprint density at radius 3 is 2.39 bits per heavy atom. The molecule has 0 aromatic heterocycles. The maximum atomic E-state index is 12.6. The fraction of sp³-hybridized carbons (Fsp3) is 0.526. The van der Waals surface area contributed by atoms with Crippen LogP contribution in [-0.4, -0.2) is 55.6 Å². The maximum Gasteiger partial charge on any atom is 0.325 e. The number of carbonyl (C=O) groups is 3. The Bertz CT molecular complexity index is 767. The normalized spacial score (nSPS) is 17.8. The predicted molar refractivity (Wildman–Crippen MR) is 106 cm³/mol. The van der Waals surface area contributed by atoms with Gasteiger partial charge in [-0.2, -0.15) is 0 Å². The van der Waals surface area contributed by atoms with Gasteiger partial charge in [-0.1, -0.05) is 12.8 Å². The van der Waals surface area contributed by atoms with Crippen molar-refractivity contribution in [3.63, 3.8) is 0 Å². The summed E-state index contributed by atoms with van der Waals surface area (Å²) in [7, 11) is 3.02. The highest BCUT2D eigenvalue weighted by Gasteiger charge is 2.51. The number of hydrogen-bond acceptors (Lipinski definition) is 5. The number of nitrogens with zero attached hydrogens (tertiary/aromatic N) is 1. The van der Waals surface area contributed by atoms with Crippen molar-refractivity contribution >= 4 is 33.8 Å². The lowest BCUT2D eigenvalue weighted by Gasteiger charge is -2.20. The number of amides is 4. The SMILES string of the molecule is COc1cc(C(=O)NCCCN2C(=O)NC3(CCCC3)C2=O)cc(OC)c1Br. The van der Waals surface area contributed by atoms with Gasteiger partial charge in [0.1, 0.15) is 21.5 Å². The number of hydrogen-bond donors (Lipinski definition) is 2. The van der Waals surface area contributed by atoms with E-state index in [-0.39, 0.29) is 24.4 Å². The number of rotatable bonds is 7. The highest BCUT2D eigenvalue weighted by atomic mass is 79.9. The molecule has 9 heteroatoms. The van der Waals surface area contributed by atoms with Crippen molar-refractivity contribution in [1.29, 1.82) is 0 Å². The summed E-state index contributed by atoms with van der Waals surface area (Å²) >= 11 is 3.37. The van der Waals surface area contributed by atoms with Gasteiger partial charge in [0.25, 0.3) is 11.8 Å². The summed E-state index contributed by atoms with van der Waals surface area (Å²) in [6.07, 6.45) is 3.80. The molecule has 1 aromatic carbocycles. The summed E-state index contributed by atoms with van der Waals surface area (Å²) in [5.74, 6) is 0.564. The molecule has 1 saturated carbocycles. The van der Waals surface area contributed by atoms with Crippen LogP contribution < -0.4 is 20.1 Å². The summed E-state index contributed by atoms with van der Waals surface area (Å²) in [6.45, 7) is 0.614. The van der Waals surface area contributed by atoms with E-state index < -0.39 is 5.54 Å². The number of benzene rings is 1. The topological polar surface area (TPSA) is 97.0 Å². The summed E-state index contributed by atoms with van der Waals surface area (Å²) in [4.78, 5) is 38.4. The van der Waals surface area contributed by atoms with Gasteiger partial charge in [0.05, 0.1) is 14.2 Å². The highest BCUT2D eigenvalue weighted by molar-refractivity contribution is 9.10. The van der Waals surface area contributed by atoms with Crippen LogP contribution in [0.2, 0.25) is 0 Å². The van der Waals surface area contributed by atoms with Gasteiger partial charge < -0.3 is 20.1 Å². The molecule has 1 aromatic rings. The summed E-state index contributed by atoms with van der Waals surface area (Å²) in [6, 6.07) is 2.90. The fourth-order valence-corrected chi connectivity index (χ4v) is 4.29. The predicted octanol–water partition coefficient (Wildman–Crippen LogP) is 2.45. The van der Waals surface area contributed by atoms with Gasteiger partial charge in [-0.3, -0.25) is 14.5 Å². The molecule has 0 radical (unpaired) electrons. The molecule has 1 aliphatic heterocycles. The van der Waals surface area contributed by atoms with E-state index in [4.69, 9.17) is 9.47 Å². The van der Waals surface area contributed by atoms with Crippen LogP contribution in [0.4, 0.5) is 4.79 Å². The minimum Gasteiger partial charge on any atom is -0.495 e. The fourth-order valence-electron chi connectivity index (χ4n) is 3.74.